The molecule has 5 rings (SSSR count). The van der Waals surface area contributed by atoms with Crippen LogP contribution in [0.15, 0.2) is 30.6 Å². The lowest BCUT2D eigenvalue weighted by Gasteiger charge is -2.36. The summed E-state index contributed by atoms with van der Waals surface area (Å²) in [4.78, 5) is 14.1. The van der Waals surface area contributed by atoms with Gasteiger partial charge < -0.3 is 9.64 Å². The molecule has 28 heavy (non-hydrogen) atoms. The van der Waals surface area contributed by atoms with Crippen molar-refractivity contribution in [1.29, 1.82) is 0 Å². The first-order chi connectivity index (χ1) is 13.8. The van der Waals surface area contributed by atoms with Crippen LogP contribution >= 0.6 is 0 Å². The molecule has 2 aromatic rings. The van der Waals surface area contributed by atoms with Crippen LogP contribution in [0, 0.1) is 0 Å². The van der Waals surface area contributed by atoms with E-state index in [4.69, 9.17) is 4.74 Å². The molecule has 1 aromatic heterocycles. The van der Waals surface area contributed by atoms with Crippen LogP contribution in [0.25, 0.3) is 0 Å². The minimum atomic E-state index is 0.574. The SMILES string of the molecule is c1cc2c(cc1Oc1cnc(N3CCCCC3)cn1)CCN(C1CCC1)CC2. The molecule has 148 valence electrons. The summed E-state index contributed by atoms with van der Waals surface area (Å²) in [7, 11) is 0. The van der Waals surface area contributed by atoms with Crippen LogP contribution in [0.5, 0.6) is 11.6 Å². The van der Waals surface area contributed by atoms with Gasteiger partial charge >= 0.3 is 0 Å². The number of piperidine rings is 1. The van der Waals surface area contributed by atoms with Gasteiger partial charge in [0.2, 0.25) is 5.88 Å². The van der Waals surface area contributed by atoms with E-state index >= 15 is 0 Å². The number of aromatic nitrogens is 2. The van der Waals surface area contributed by atoms with Crippen molar-refractivity contribution in [2.45, 2.75) is 57.4 Å². The Morgan fingerprint density at radius 2 is 1.64 bits per heavy atom. The van der Waals surface area contributed by atoms with Crippen LogP contribution < -0.4 is 9.64 Å². The second-order valence-corrected chi connectivity index (χ2v) is 8.41. The van der Waals surface area contributed by atoms with Crippen LogP contribution in [-0.4, -0.2) is 47.1 Å². The summed E-state index contributed by atoms with van der Waals surface area (Å²) in [6.45, 7) is 4.53. The normalized spacial score (nSPS) is 20.9. The van der Waals surface area contributed by atoms with Gasteiger partial charge in [0.1, 0.15) is 11.6 Å². The summed E-state index contributed by atoms with van der Waals surface area (Å²) < 4.78 is 6.03. The Kier molecular flexibility index (Phi) is 5.17. The van der Waals surface area contributed by atoms with E-state index in [1.54, 1.807) is 6.20 Å². The highest BCUT2D eigenvalue weighted by Crippen LogP contribution is 2.29. The number of ether oxygens (including phenoxy) is 1. The molecule has 0 radical (unpaired) electrons. The molecule has 5 nitrogen and oxygen atoms in total. The number of benzene rings is 1. The summed E-state index contributed by atoms with van der Waals surface area (Å²) in [6.07, 6.45) is 13.9. The fourth-order valence-corrected chi connectivity index (χ4v) is 4.67. The number of fused-ring (bicyclic) bond motifs is 1. The highest BCUT2D eigenvalue weighted by Gasteiger charge is 2.26. The number of anilines is 1. The second-order valence-electron chi connectivity index (χ2n) is 8.41. The molecule has 1 aliphatic carbocycles. The maximum absolute atomic E-state index is 6.03. The van der Waals surface area contributed by atoms with E-state index in [2.05, 4.69) is 38.0 Å². The van der Waals surface area contributed by atoms with Crippen molar-refractivity contribution in [1.82, 2.24) is 14.9 Å². The average Bonchev–Trinajstić information content (AvgIpc) is 2.91. The molecule has 2 fully saturated rings. The van der Waals surface area contributed by atoms with Gasteiger partial charge in [0.25, 0.3) is 0 Å². The van der Waals surface area contributed by atoms with Crippen LogP contribution in [-0.2, 0) is 12.8 Å². The minimum absolute atomic E-state index is 0.574. The molecule has 2 aliphatic heterocycles. The predicted octanol–water partition coefficient (Wildman–Crippen LogP) is 4.21. The summed E-state index contributed by atoms with van der Waals surface area (Å²) in [6, 6.07) is 7.36. The van der Waals surface area contributed by atoms with Crippen molar-refractivity contribution in [2.75, 3.05) is 31.1 Å². The highest BCUT2D eigenvalue weighted by molar-refractivity contribution is 5.40. The molecule has 1 aromatic carbocycles. The summed E-state index contributed by atoms with van der Waals surface area (Å²) in [5.41, 5.74) is 2.90. The zero-order chi connectivity index (χ0) is 18.8. The average molecular weight is 379 g/mol. The van der Waals surface area contributed by atoms with Gasteiger partial charge in [-0.25, -0.2) is 9.97 Å². The molecule has 0 atom stereocenters. The van der Waals surface area contributed by atoms with E-state index in [-0.39, 0.29) is 0 Å². The predicted molar refractivity (Wildman–Crippen MR) is 111 cm³/mol. The first-order valence-electron chi connectivity index (χ1n) is 11.0. The lowest BCUT2D eigenvalue weighted by molar-refractivity contribution is 0.133. The second kappa shape index (κ2) is 8.08. The van der Waals surface area contributed by atoms with Crippen LogP contribution in [0.4, 0.5) is 5.82 Å². The van der Waals surface area contributed by atoms with E-state index in [1.807, 2.05) is 6.20 Å². The Balaban J connectivity index is 1.24. The van der Waals surface area contributed by atoms with E-state index < -0.39 is 0 Å². The van der Waals surface area contributed by atoms with Gasteiger partial charge in [0.15, 0.2) is 0 Å². The van der Waals surface area contributed by atoms with Gasteiger partial charge in [-0.3, -0.25) is 4.90 Å². The molecule has 0 amide bonds. The molecule has 0 bridgehead atoms. The van der Waals surface area contributed by atoms with Gasteiger partial charge in [-0.05, 0) is 68.2 Å². The molecule has 1 saturated heterocycles. The zero-order valence-electron chi connectivity index (χ0n) is 16.6. The monoisotopic (exact) mass is 378 g/mol. The Bertz CT molecular complexity index is 797. The first kappa shape index (κ1) is 17.9. The quantitative estimate of drug-likeness (QED) is 0.797. The van der Waals surface area contributed by atoms with Crippen molar-refractivity contribution in [3.05, 3.63) is 41.7 Å². The van der Waals surface area contributed by atoms with E-state index in [0.717, 1.165) is 43.5 Å². The van der Waals surface area contributed by atoms with Gasteiger partial charge in [-0.2, -0.15) is 0 Å². The maximum Gasteiger partial charge on any atom is 0.237 e. The number of hydrogen-bond acceptors (Lipinski definition) is 5. The smallest absolute Gasteiger partial charge is 0.237 e. The molecule has 5 heteroatoms. The van der Waals surface area contributed by atoms with Gasteiger partial charge in [0.05, 0.1) is 12.4 Å². The van der Waals surface area contributed by atoms with Crippen molar-refractivity contribution in [3.8, 4) is 11.6 Å². The van der Waals surface area contributed by atoms with Gasteiger partial charge in [-0.15, -0.1) is 0 Å². The van der Waals surface area contributed by atoms with E-state index in [1.165, 1.54) is 62.7 Å². The van der Waals surface area contributed by atoms with E-state index in [0.29, 0.717) is 5.88 Å². The molecule has 0 spiro atoms. The lowest BCUT2D eigenvalue weighted by atomic mass is 9.91. The molecule has 3 aliphatic rings. The fourth-order valence-electron chi connectivity index (χ4n) is 4.67. The molecule has 0 unspecified atom stereocenters. The van der Waals surface area contributed by atoms with Crippen molar-refractivity contribution in [3.63, 3.8) is 0 Å². The molecule has 3 heterocycles. The number of rotatable bonds is 4. The molecule has 0 N–H and O–H groups in total. The van der Waals surface area contributed by atoms with Crippen molar-refractivity contribution < 1.29 is 4.74 Å². The Morgan fingerprint density at radius 3 is 2.36 bits per heavy atom. The van der Waals surface area contributed by atoms with E-state index in [9.17, 15) is 0 Å². The highest BCUT2D eigenvalue weighted by atomic mass is 16.5. The molecular formula is C23H30N4O. The maximum atomic E-state index is 6.03. The van der Waals surface area contributed by atoms with Crippen molar-refractivity contribution >= 4 is 5.82 Å². The Labute approximate surface area is 167 Å². The third kappa shape index (κ3) is 3.86. The third-order valence-corrected chi connectivity index (χ3v) is 6.62. The topological polar surface area (TPSA) is 41.5 Å². The van der Waals surface area contributed by atoms with Gasteiger partial charge in [0, 0.05) is 32.2 Å². The van der Waals surface area contributed by atoms with Crippen molar-refractivity contribution in [2.24, 2.45) is 0 Å². The standard InChI is InChI=1S/C23H30N4O/c1-2-11-27(12-3-1)22-16-25-23(17-24-22)28-21-8-7-18-9-13-26(20-5-4-6-20)14-10-19(18)15-21/h7-8,15-17,20H,1-6,9-14H2. The number of hydrogen-bond donors (Lipinski definition) is 0. The molecular weight excluding hydrogens is 348 g/mol. The Morgan fingerprint density at radius 1 is 0.821 bits per heavy atom. The molecule has 1 saturated carbocycles. The minimum Gasteiger partial charge on any atom is -0.437 e. The lowest BCUT2D eigenvalue weighted by Crippen LogP contribution is -2.41. The first-order valence-corrected chi connectivity index (χ1v) is 11.0. The van der Waals surface area contributed by atoms with Gasteiger partial charge in [-0.1, -0.05) is 12.5 Å². The fraction of sp³-hybridized carbons (Fsp3) is 0.565. The largest absolute Gasteiger partial charge is 0.437 e. The van der Waals surface area contributed by atoms with Crippen LogP contribution in [0.2, 0.25) is 0 Å². The summed E-state index contributed by atoms with van der Waals surface area (Å²) in [5, 5.41) is 0. The van der Waals surface area contributed by atoms with Crippen LogP contribution in [0.1, 0.15) is 49.7 Å². The number of nitrogens with zero attached hydrogens (tertiary/aromatic N) is 4. The summed E-state index contributed by atoms with van der Waals surface area (Å²) in [5.74, 6) is 2.41. The summed E-state index contributed by atoms with van der Waals surface area (Å²) >= 11 is 0. The zero-order valence-corrected chi connectivity index (χ0v) is 16.6. The third-order valence-electron chi connectivity index (χ3n) is 6.62. The van der Waals surface area contributed by atoms with Crippen LogP contribution in [0.3, 0.4) is 0 Å². The Hall–Kier alpha value is -2.14.